The summed E-state index contributed by atoms with van der Waals surface area (Å²) in [6.07, 6.45) is 0. The predicted molar refractivity (Wildman–Crippen MR) is 89.3 cm³/mol. The Kier molecular flexibility index (Phi) is 5.34. The van der Waals surface area contributed by atoms with Crippen molar-refractivity contribution >= 4 is 28.0 Å². The van der Waals surface area contributed by atoms with Crippen LogP contribution >= 0.6 is 15.9 Å². The van der Waals surface area contributed by atoms with Crippen LogP contribution in [0.4, 0.5) is 0 Å². The van der Waals surface area contributed by atoms with Gasteiger partial charge in [0.1, 0.15) is 5.76 Å². The van der Waals surface area contributed by atoms with Gasteiger partial charge in [0.15, 0.2) is 0 Å². The summed E-state index contributed by atoms with van der Waals surface area (Å²) in [5.41, 5.74) is 5.36. The van der Waals surface area contributed by atoms with Gasteiger partial charge in [0.2, 0.25) is 0 Å². The van der Waals surface area contributed by atoms with E-state index in [-0.39, 0.29) is 0 Å². The Morgan fingerprint density at radius 3 is 2.52 bits per heavy atom. The zero-order valence-corrected chi connectivity index (χ0v) is 13.7. The molecular formula is C18H17BrO2. The standard InChI is InChI=1S/C18H17BrO2/c1-13-6-5-8-15(10-13)18(17(11-19)21-12-20)16-9-4-3-7-14(16)2/h3-10,12H,11H2,1-2H3/b18-17-. The molecule has 0 aromatic heterocycles. The van der Waals surface area contributed by atoms with Crippen LogP contribution in [-0.4, -0.2) is 11.8 Å². The number of carbonyl (C=O) groups is 1. The predicted octanol–water partition coefficient (Wildman–Crippen LogP) is 4.63. The number of halogens is 1. The number of hydrogen-bond donors (Lipinski definition) is 0. The molecule has 21 heavy (non-hydrogen) atoms. The van der Waals surface area contributed by atoms with Crippen LogP contribution in [0.2, 0.25) is 0 Å². The van der Waals surface area contributed by atoms with Crippen molar-refractivity contribution < 1.29 is 9.53 Å². The second kappa shape index (κ2) is 7.23. The van der Waals surface area contributed by atoms with Crippen LogP contribution in [0.5, 0.6) is 0 Å². The summed E-state index contributed by atoms with van der Waals surface area (Å²) in [5.74, 6) is 0.616. The lowest BCUT2D eigenvalue weighted by molar-refractivity contribution is -0.124. The Morgan fingerprint density at radius 2 is 1.90 bits per heavy atom. The van der Waals surface area contributed by atoms with E-state index in [1.165, 1.54) is 5.56 Å². The van der Waals surface area contributed by atoms with Crippen LogP contribution in [0.3, 0.4) is 0 Å². The highest BCUT2D eigenvalue weighted by atomic mass is 79.9. The number of alkyl halides is 1. The van der Waals surface area contributed by atoms with Crippen molar-refractivity contribution in [3.63, 3.8) is 0 Å². The molecule has 0 saturated carbocycles. The van der Waals surface area contributed by atoms with Crippen LogP contribution in [0.15, 0.2) is 54.3 Å². The van der Waals surface area contributed by atoms with Gasteiger partial charge in [-0.15, -0.1) is 0 Å². The van der Waals surface area contributed by atoms with Crippen molar-refractivity contribution in [2.24, 2.45) is 0 Å². The summed E-state index contributed by atoms with van der Waals surface area (Å²) in [4.78, 5) is 10.8. The number of hydrogen-bond acceptors (Lipinski definition) is 2. The molecule has 0 heterocycles. The molecule has 0 radical (unpaired) electrons. The van der Waals surface area contributed by atoms with E-state index in [4.69, 9.17) is 4.74 Å². The maximum Gasteiger partial charge on any atom is 0.298 e. The molecule has 0 bridgehead atoms. The highest BCUT2D eigenvalue weighted by Crippen LogP contribution is 2.30. The SMILES string of the molecule is Cc1cccc(/C(=C(\CBr)OC=O)c2ccccc2C)c1. The first kappa shape index (κ1) is 15.5. The van der Waals surface area contributed by atoms with E-state index in [1.54, 1.807) is 0 Å². The van der Waals surface area contributed by atoms with Crippen LogP contribution in [0.1, 0.15) is 22.3 Å². The van der Waals surface area contributed by atoms with E-state index in [9.17, 15) is 4.79 Å². The van der Waals surface area contributed by atoms with Crippen molar-refractivity contribution in [1.29, 1.82) is 0 Å². The van der Waals surface area contributed by atoms with Crippen molar-refractivity contribution in [3.05, 3.63) is 76.5 Å². The molecule has 0 unspecified atom stereocenters. The monoisotopic (exact) mass is 344 g/mol. The lowest BCUT2D eigenvalue weighted by Crippen LogP contribution is -2.01. The first-order valence-corrected chi connectivity index (χ1v) is 7.82. The fraction of sp³-hybridized carbons (Fsp3) is 0.167. The van der Waals surface area contributed by atoms with Crippen LogP contribution in [0.25, 0.3) is 5.57 Å². The molecule has 0 aliphatic heterocycles. The third-order valence-corrected chi connectivity index (χ3v) is 3.82. The summed E-state index contributed by atoms with van der Waals surface area (Å²) in [7, 11) is 0. The second-order valence-electron chi connectivity index (χ2n) is 4.83. The summed E-state index contributed by atoms with van der Waals surface area (Å²) in [6, 6.07) is 16.3. The molecule has 0 amide bonds. The molecule has 0 atom stereocenters. The molecule has 108 valence electrons. The average Bonchev–Trinajstić information content (AvgIpc) is 2.48. The second-order valence-corrected chi connectivity index (χ2v) is 5.39. The van der Waals surface area contributed by atoms with Gasteiger partial charge in [-0.1, -0.05) is 70.0 Å². The summed E-state index contributed by atoms with van der Waals surface area (Å²) < 4.78 is 5.21. The van der Waals surface area contributed by atoms with Gasteiger partial charge in [0.25, 0.3) is 6.47 Å². The molecule has 0 aliphatic carbocycles. The Morgan fingerprint density at radius 1 is 1.14 bits per heavy atom. The first-order chi connectivity index (χ1) is 10.2. The molecule has 0 aliphatic rings. The maximum absolute atomic E-state index is 10.8. The zero-order valence-electron chi connectivity index (χ0n) is 12.1. The molecule has 0 saturated heterocycles. The van der Waals surface area contributed by atoms with Gasteiger partial charge in [-0.05, 0) is 30.5 Å². The molecule has 2 nitrogen and oxygen atoms in total. The number of benzene rings is 2. The van der Waals surface area contributed by atoms with E-state index in [1.807, 2.05) is 43.3 Å². The topological polar surface area (TPSA) is 26.3 Å². The quantitative estimate of drug-likeness (QED) is 0.449. The average molecular weight is 345 g/mol. The van der Waals surface area contributed by atoms with Gasteiger partial charge in [-0.2, -0.15) is 0 Å². The van der Waals surface area contributed by atoms with E-state index in [2.05, 4.69) is 35.0 Å². The number of allylic oxidation sites excluding steroid dienone is 1. The molecular weight excluding hydrogens is 328 g/mol. The highest BCUT2D eigenvalue weighted by molar-refractivity contribution is 9.09. The third kappa shape index (κ3) is 3.61. The first-order valence-electron chi connectivity index (χ1n) is 6.70. The van der Waals surface area contributed by atoms with Gasteiger partial charge < -0.3 is 4.74 Å². The smallest absolute Gasteiger partial charge is 0.298 e. The summed E-state index contributed by atoms with van der Waals surface area (Å²) in [6.45, 7) is 4.58. The van der Waals surface area contributed by atoms with Crippen molar-refractivity contribution in [2.75, 3.05) is 5.33 Å². The molecule has 3 heteroatoms. The molecule has 2 aromatic rings. The minimum Gasteiger partial charge on any atom is -0.432 e. The van der Waals surface area contributed by atoms with Crippen molar-refractivity contribution in [1.82, 2.24) is 0 Å². The maximum atomic E-state index is 10.8. The highest BCUT2D eigenvalue weighted by Gasteiger charge is 2.14. The summed E-state index contributed by atoms with van der Waals surface area (Å²) >= 11 is 3.41. The van der Waals surface area contributed by atoms with Gasteiger partial charge in [-0.25, -0.2) is 0 Å². The normalized spacial score (nSPS) is 11.8. The molecule has 2 rings (SSSR count). The number of carbonyl (C=O) groups excluding carboxylic acids is 1. The minimum atomic E-state index is 0.476. The van der Waals surface area contributed by atoms with Gasteiger partial charge in [0.05, 0.1) is 5.33 Å². The third-order valence-electron chi connectivity index (χ3n) is 3.31. The molecule has 0 spiro atoms. The zero-order chi connectivity index (χ0) is 15.2. The van der Waals surface area contributed by atoms with Gasteiger partial charge >= 0.3 is 0 Å². The number of aryl methyl sites for hydroxylation is 2. The molecule has 2 aromatic carbocycles. The lowest BCUT2D eigenvalue weighted by atomic mass is 9.93. The fourth-order valence-corrected chi connectivity index (χ4v) is 2.75. The number of rotatable bonds is 5. The van der Waals surface area contributed by atoms with Gasteiger partial charge in [-0.3, -0.25) is 4.79 Å². The van der Waals surface area contributed by atoms with Crippen LogP contribution in [-0.2, 0) is 9.53 Å². The molecule has 0 fully saturated rings. The Balaban J connectivity index is 2.71. The minimum absolute atomic E-state index is 0.476. The van der Waals surface area contributed by atoms with Crippen LogP contribution < -0.4 is 0 Å². The Labute approximate surface area is 133 Å². The van der Waals surface area contributed by atoms with E-state index >= 15 is 0 Å². The van der Waals surface area contributed by atoms with E-state index in [0.717, 1.165) is 22.3 Å². The fourth-order valence-electron chi connectivity index (χ4n) is 2.34. The van der Waals surface area contributed by atoms with Crippen LogP contribution in [0, 0.1) is 13.8 Å². The van der Waals surface area contributed by atoms with Crippen molar-refractivity contribution in [3.8, 4) is 0 Å². The largest absolute Gasteiger partial charge is 0.432 e. The lowest BCUT2D eigenvalue weighted by Gasteiger charge is -2.15. The van der Waals surface area contributed by atoms with E-state index in [0.29, 0.717) is 17.6 Å². The molecule has 0 N–H and O–H groups in total. The number of ether oxygens (including phenoxy) is 1. The summed E-state index contributed by atoms with van der Waals surface area (Å²) in [5, 5.41) is 0.476. The Hall–Kier alpha value is -1.87. The van der Waals surface area contributed by atoms with Crippen molar-refractivity contribution in [2.45, 2.75) is 13.8 Å². The van der Waals surface area contributed by atoms with E-state index < -0.39 is 0 Å². The van der Waals surface area contributed by atoms with Gasteiger partial charge in [0, 0.05) is 5.57 Å². The Bertz CT molecular complexity index is 674.